The molecule has 0 saturated heterocycles. The van der Waals surface area contributed by atoms with Gasteiger partial charge in [-0.25, -0.2) is 4.98 Å². The number of nitrogens with one attached hydrogen (secondary N) is 1. The van der Waals surface area contributed by atoms with Crippen molar-refractivity contribution >= 4 is 5.95 Å². The molecular formula is C15H28N4O. The lowest BCUT2D eigenvalue weighted by Gasteiger charge is -2.21. The normalized spacial score (nSPS) is 12.5. The first-order chi connectivity index (χ1) is 9.60. The molecular weight excluding hydrogens is 252 g/mol. The molecule has 1 aromatic heterocycles. The molecule has 1 atom stereocenters. The maximum atomic E-state index is 6.19. The summed E-state index contributed by atoms with van der Waals surface area (Å²) in [7, 11) is 0. The Morgan fingerprint density at radius 2 is 1.95 bits per heavy atom. The highest BCUT2D eigenvalue weighted by molar-refractivity contribution is 5.30. The molecule has 0 aliphatic heterocycles. The van der Waals surface area contributed by atoms with E-state index >= 15 is 0 Å². The second-order valence-electron chi connectivity index (χ2n) is 5.14. The molecule has 20 heavy (non-hydrogen) atoms. The van der Waals surface area contributed by atoms with Crippen molar-refractivity contribution < 1.29 is 4.74 Å². The first kappa shape index (κ1) is 16.7. The third-order valence-electron chi connectivity index (χ3n) is 3.43. The van der Waals surface area contributed by atoms with Crippen LogP contribution in [0.5, 0.6) is 5.88 Å². The minimum atomic E-state index is 0.120. The zero-order chi connectivity index (χ0) is 15.0. The highest BCUT2D eigenvalue weighted by Gasteiger charge is 2.14. The number of rotatable bonds is 9. The lowest BCUT2D eigenvalue weighted by Crippen LogP contribution is -2.36. The lowest BCUT2D eigenvalue weighted by atomic mass is 9.95. The third-order valence-corrected chi connectivity index (χ3v) is 3.43. The van der Waals surface area contributed by atoms with Gasteiger partial charge in [-0.15, -0.1) is 0 Å². The van der Waals surface area contributed by atoms with Gasteiger partial charge in [0.25, 0.3) is 0 Å². The Morgan fingerprint density at radius 3 is 2.55 bits per heavy atom. The number of aromatic nitrogens is 2. The van der Waals surface area contributed by atoms with Crippen molar-refractivity contribution in [2.24, 2.45) is 11.7 Å². The number of aryl methyl sites for hydroxylation is 1. The van der Waals surface area contributed by atoms with Crippen LogP contribution in [0.25, 0.3) is 0 Å². The van der Waals surface area contributed by atoms with Gasteiger partial charge in [-0.2, -0.15) is 4.98 Å². The van der Waals surface area contributed by atoms with Crippen LogP contribution in [0.15, 0.2) is 6.07 Å². The monoisotopic (exact) mass is 280 g/mol. The quantitative estimate of drug-likeness (QED) is 0.727. The van der Waals surface area contributed by atoms with Crippen LogP contribution in [0.1, 0.15) is 45.7 Å². The fourth-order valence-corrected chi connectivity index (χ4v) is 2.17. The predicted octanol–water partition coefficient (Wildman–Crippen LogP) is 2.75. The van der Waals surface area contributed by atoms with Gasteiger partial charge in [-0.3, -0.25) is 0 Å². The average Bonchev–Trinajstić information content (AvgIpc) is 2.43. The summed E-state index contributed by atoms with van der Waals surface area (Å²) in [6.07, 6.45) is 3.16. The molecule has 0 fully saturated rings. The fourth-order valence-electron chi connectivity index (χ4n) is 2.17. The Bertz CT molecular complexity index is 393. The Balaban J connectivity index is 2.60. The van der Waals surface area contributed by atoms with E-state index in [0.29, 0.717) is 30.9 Å². The second-order valence-corrected chi connectivity index (χ2v) is 5.14. The number of hydrogen-bond acceptors (Lipinski definition) is 5. The Kier molecular flexibility index (Phi) is 7.30. The van der Waals surface area contributed by atoms with Crippen molar-refractivity contribution in [3.63, 3.8) is 0 Å². The van der Waals surface area contributed by atoms with Crippen molar-refractivity contribution in [3.8, 4) is 5.88 Å². The molecule has 0 saturated carbocycles. The molecule has 3 N–H and O–H groups in total. The largest absolute Gasteiger partial charge is 0.478 e. The Morgan fingerprint density at radius 1 is 1.25 bits per heavy atom. The van der Waals surface area contributed by atoms with Crippen molar-refractivity contribution in [1.82, 2.24) is 9.97 Å². The fraction of sp³-hybridized carbons (Fsp3) is 0.733. The molecule has 0 aromatic carbocycles. The minimum absolute atomic E-state index is 0.120. The van der Waals surface area contributed by atoms with Crippen LogP contribution >= 0.6 is 0 Å². The second kappa shape index (κ2) is 8.74. The predicted molar refractivity (Wildman–Crippen MR) is 83.1 cm³/mol. The van der Waals surface area contributed by atoms with Gasteiger partial charge in [0.05, 0.1) is 6.61 Å². The maximum absolute atomic E-state index is 6.19. The molecule has 1 heterocycles. The van der Waals surface area contributed by atoms with Gasteiger partial charge in [0.15, 0.2) is 0 Å². The number of anilines is 1. The van der Waals surface area contributed by atoms with Gasteiger partial charge < -0.3 is 15.8 Å². The summed E-state index contributed by atoms with van der Waals surface area (Å²) in [5, 5.41) is 3.22. The molecule has 1 aromatic rings. The zero-order valence-electron chi connectivity index (χ0n) is 13.1. The topological polar surface area (TPSA) is 73.1 Å². The Labute approximate surface area is 122 Å². The molecule has 114 valence electrons. The summed E-state index contributed by atoms with van der Waals surface area (Å²) in [5.41, 5.74) is 7.09. The van der Waals surface area contributed by atoms with Crippen LogP contribution in [-0.2, 0) is 0 Å². The van der Waals surface area contributed by atoms with Gasteiger partial charge in [0.2, 0.25) is 11.8 Å². The average molecular weight is 280 g/mol. The molecule has 5 nitrogen and oxygen atoms in total. The van der Waals surface area contributed by atoms with Gasteiger partial charge in [-0.05, 0) is 19.3 Å². The van der Waals surface area contributed by atoms with Crippen molar-refractivity contribution in [2.45, 2.75) is 53.0 Å². The van der Waals surface area contributed by atoms with Crippen molar-refractivity contribution in [3.05, 3.63) is 11.8 Å². The summed E-state index contributed by atoms with van der Waals surface area (Å²) in [4.78, 5) is 8.72. The first-order valence-corrected chi connectivity index (χ1v) is 7.58. The standard InChI is InChI=1S/C15H28N4O/c1-5-8-20-14-9-11(4)18-15(19-14)17-10-13(16)12(6-2)7-3/h9,12-13H,5-8,10,16H2,1-4H3,(H,17,18,19). The van der Waals surface area contributed by atoms with Gasteiger partial charge in [-0.1, -0.05) is 33.6 Å². The minimum Gasteiger partial charge on any atom is -0.478 e. The molecule has 0 spiro atoms. The Hall–Kier alpha value is -1.36. The molecule has 5 heteroatoms. The number of hydrogen-bond donors (Lipinski definition) is 2. The first-order valence-electron chi connectivity index (χ1n) is 7.58. The summed E-state index contributed by atoms with van der Waals surface area (Å²) in [5.74, 6) is 1.75. The van der Waals surface area contributed by atoms with E-state index in [0.717, 1.165) is 25.0 Å². The molecule has 0 radical (unpaired) electrons. The highest BCUT2D eigenvalue weighted by atomic mass is 16.5. The van der Waals surface area contributed by atoms with E-state index in [-0.39, 0.29) is 6.04 Å². The summed E-state index contributed by atoms with van der Waals surface area (Å²) in [6.45, 7) is 9.71. The van der Waals surface area contributed by atoms with E-state index in [1.807, 2.05) is 13.0 Å². The number of nitrogens with two attached hydrogens (primary N) is 1. The van der Waals surface area contributed by atoms with E-state index in [4.69, 9.17) is 10.5 Å². The van der Waals surface area contributed by atoms with Crippen molar-refractivity contribution in [2.75, 3.05) is 18.5 Å². The summed E-state index contributed by atoms with van der Waals surface area (Å²) in [6, 6.07) is 1.97. The SMILES string of the molecule is CCCOc1cc(C)nc(NCC(N)C(CC)CC)n1. The van der Waals surface area contributed by atoms with Crippen LogP contribution in [-0.4, -0.2) is 29.2 Å². The molecule has 0 aliphatic carbocycles. The lowest BCUT2D eigenvalue weighted by molar-refractivity contribution is 0.304. The number of nitrogens with zero attached hydrogens (tertiary/aromatic N) is 2. The molecule has 0 aliphatic rings. The van der Waals surface area contributed by atoms with Crippen LogP contribution in [0.3, 0.4) is 0 Å². The van der Waals surface area contributed by atoms with Gasteiger partial charge in [0, 0.05) is 24.3 Å². The van der Waals surface area contributed by atoms with Crippen LogP contribution < -0.4 is 15.8 Å². The number of ether oxygens (including phenoxy) is 1. The third kappa shape index (κ3) is 5.33. The van der Waals surface area contributed by atoms with Crippen LogP contribution in [0.4, 0.5) is 5.95 Å². The van der Waals surface area contributed by atoms with Gasteiger partial charge >= 0.3 is 0 Å². The van der Waals surface area contributed by atoms with E-state index in [1.54, 1.807) is 0 Å². The van der Waals surface area contributed by atoms with E-state index in [9.17, 15) is 0 Å². The van der Waals surface area contributed by atoms with E-state index < -0.39 is 0 Å². The van der Waals surface area contributed by atoms with Crippen molar-refractivity contribution in [1.29, 1.82) is 0 Å². The highest BCUT2D eigenvalue weighted by Crippen LogP contribution is 2.14. The zero-order valence-corrected chi connectivity index (χ0v) is 13.1. The molecule has 1 rings (SSSR count). The summed E-state index contributed by atoms with van der Waals surface area (Å²) < 4.78 is 5.55. The summed E-state index contributed by atoms with van der Waals surface area (Å²) >= 11 is 0. The molecule has 0 amide bonds. The maximum Gasteiger partial charge on any atom is 0.226 e. The van der Waals surface area contributed by atoms with Crippen LogP contribution in [0.2, 0.25) is 0 Å². The van der Waals surface area contributed by atoms with E-state index in [1.165, 1.54) is 0 Å². The van der Waals surface area contributed by atoms with E-state index in [2.05, 4.69) is 36.1 Å². The smallest absolute Gasteiger partial charge is 0.226 e. The molecule has 1 unspecified atom stereocenters. The van der Waals surface area contributed by atoms with Crippen LogP contribution in [0, 0.1) is 12.8 Å². The van der Waals surface area contributed by atoms with Gasteiger partial charge in [0.1, 0.15) is 0 Å². The molecule has 0 bridgehead atoms.